The molecule has 1 aromatic carbocycles. The summed E-state index contributed by atoms with van der Waals surface area (Å²) in [7, 11) is 0. The van der Waals surface area contributed by atoms with Crippen molar-refractivity contribution in [3.63, 3.8) is 0 Å². The maximum absolute atomic E-state index is 12.1. The fourth-order valence-corrected chi connectivity index (χ4v) is 1.87. The van der Waals surface area contributed by atoms with Crippen molar-refractivity contribution in [1.82, 2.24) is 0 Å². The summed E-state index contributed by atoms with van der Waals surface area (Å²) in [6, 6.07) is 6.24. The van der Waals surface area contributed by atoms with E-state index in [0.29, 0.717) is 0 Å². The van der Waals surface area contributed by atoms with Gasteiger partial charge in [-0.3, -0.25) is 0 Å². The Hall–Kier alpha value is -1.16. The molecule has 0 atom stereocenters. The summed E-state index contributed by atoms with van der Waals surface area (Å²) in [6.45, 7) is 9.31. The van der Waals surface area contributed by atoms with Crippen molar-refractivity contribution in [3.8, 4) is 0 Å². The zero-order valence-electron chi connectivity index (χ0n) is 9.42. The van der Waals surface area contributed by atoms with Crippen LogP contribution >= 0.6 is 11.8 Å². The zero-order chi connectivity index (χ0) is 13.1. The van der Waals surface area contributed by atoms with E-state index in [1.165, 1.54) is 12.1 Å². The lowest BCUT2D eigenvalue weighted by atomic mass is 9.83. The Morgan fingerprint density at radius 3 is 1.88 bits per heavy atom. The predicted molar refractivity (Wildman–Crippen MR) is 66.1 cm³/mol. The number of rotatable bonds is 4. The molecule has 1 aromatic rings. The summed E-state index contributed by atoms with van der Waals surface area (Å²) in [5, 5.41) is 0. The largest absolute Gasteiger partial charge is 0.446 e. The SMILES string of the molecule is C=CC(C)(C=C)c1ccc(SC(F)(F)F)cc1. The summed E-state index contributed by atoms with van der Waals surface area (Å²) < 4.78 is 36.4. The van der Waals surface area contributed by atoms with Gasteiger partial charge >= 0.3 is 5.51 Å². The van der Waals surface area contributed by atoms with Gasteiger partial charge in [0.1, 0.15) is 0 Å². The molecule has 0 saturated heterocycles. The van der Waals surface area contributed by atoms with Crippen molar-refractivity contribution in [2.24, 2.45) is 0 Å². The van der Waals surface area contributed by atoms with Crippen molar-refractivity contribution in [3.05, 3.63) is 55.1 Å². The Labute approximate surface area is 103 Å². The van der Waals surface area contributed by atoms with E-state index >= 15 is 0 Å². The zero-order valence-corrected chi connectivity index (χ0v) is 10.2. The lowest BCUT2D eigenvalue weighted by Gasteiger charge is -2.21. The summed E-state index contributed by atoms with van der Waals surface area (Å²) in [5.41, 5.74) is -3.79. The first kappa shape index (κ1) is 13.9. The fraction of sp³-hybridized carbons (Fsp3) is 0.231. The van der Waals surface area contributed by atoms with Gasteiger partial charge in [0.2, 0.25) is 0 Å². The van der Waals surface area contributed by atoms with Crippen LogP contribution in [0.15, 0.2) is 54.5 Å². The molecule has 0 bridgehead atoms. The van der Waals surface area contributed by atoms with Gasteiger partial charge in [-0.1, -0.05) is 24.3 Å². The Bertz CT molecular complexity index is 396. The molecule has 0 spiro atoms. The van der Waals surface area contributed by atoms with E-state index in [2.05, 4.69) is 13.2 Å². The molecular weight excluding hydrogens is 245 g/mol. The summed E-state index contributed by atoms with van der Waals surface area (Å²) in [6.07, 6.45) is 3.43. The number of hydrogen-bond donors (Lipinski definition) is 0. The van der Waals surface area contributed by atoms with Crippen molar-refractivity contribution >= 4 is 11.8 Å². The molecule has 0 heterocycles. The number of hydrogen-bond acceptors (Lipinski definition) is 1. The quantitative estimate of drug-likeness (QED) is 0.545. The number of halogens is 3. The third kappa shape index (κ3) is 3.66. The molecule has 92 valence electrons. The second-order valence-electron chi connectivity index (χ2n) is 3.76. The van der Waals surface area contributed by atoms with Gasteiger partial charge in [0.25, 0.3) is 0 Å². The molecule has 0 saturated carbocycles. The van der Waals surface area contributed by atoms with Gasteiger partial charge < -0.3 is 0 Å². The first-order valence-corrected chi connectivity index (χ1v) is 5.76. The van der Waals surface area contributed by atoms with Gasteiger partial charge in [-0.2, -0.15) is 13.2 Å². The summed E-state index contributed by atoms with van der Waals surface area (Å²) in [4.78, 5) is 0.178. The minimum absolute atomic E-state index is 0.116. The van der Waals surface area contributed by atoms with E-state index in [9.17, 15) is 13.2 Å². The van der Waals surface area contributed by atoms with E-state index in [-0.39, 0.29) is 16.7 Å². The second kappa shape index (κ2) is 5.00. The van der Waals surface area contributed by atoms with Gasteiger partial charge in [0.05, 0.1) is 0 Å². The summed E-state index contributed by atoms with van der Waals surface area (Å²) in [5.74, 6) is 0. The maximum Gasteiger partial charge on any atom is 0.446 e. The fourth-order valence-electron chi connectivity index (χ4n) is 1.33. The van der Waals surface area contributed by atoms with Crippen LogP contribution in [0.3, 0.4) is 0 Å². The van der Waals surface area contributed by atoms with E-state index in [4.69, 9.17) is 0 Å². The first-order valence-electron chi connectivity index (χ1n) is 4.94. The Balaban J connectivity index is 2.96. The van der Waals surface area contributed by atoms with Crippen molar-refractivity contribution in [1.29, 1.82) is 0 Å². The van der Waals surface area contributed by atoms with Gasteiger partial charge in [0.15, 0.2) is 0 Å². The highest BCUT2D eigenvalue weighted by molar-refractivity contribution is 8.00. The van der Waals surface area contributed by atoms with Crippen LogP contribution in [0.4, 0.5) is 13.2 Å². The topological polar surface area (TPSA) is 0 Å². The molecule has 0 unspecified atom stereocenters. The molecule has 0 amide bonds. The number of alkyl halides is 3. The number of thioether (sulfide) groups is 1. The van der Waals surface area contributed by atoms with E-state index < -0.39 is 10.9 Å². The average Bonchev–Trinajstić information content (AvgIpc) is 2.27. The molecule has 0 aliphatic rings. The summed E-state index contributed by atoms with van der Waals surface area (Å²) >= 11 is -0.116. The van der Waals surface area contributed by atoms with Gasteiger partial charge in [-0.05, 0) is 36.4 Å². The molecule has 0 radical (unpaired) electrons. The molecular formula is C13H13F3S. The molecule has 0 aliphatic heterocycles. The number of benzene rings is 1. The molecule has 17 heavy (non-hydrogen) atoms. The van der Waals surface area contributed by atoms with E-state index in [0.717, 1.165) is 5.56 Å². The van der Waals surface area contributed by atoms with Crippen LogP contribution in [0.2, 0.25) is 0 Å². The van der Waals surface area contributed by atoms with Crippen LogP contribution in [-0.4, -0.2) is 5.51 Å². The molecule has 1 rings (SSSR count). The Morgan fingerprint density at radius 2 is 1.53 bits per heavy atom. The highest BCUT2D eigenvalue weighted by Gasteiger charge is 2.29. The van der Waals surface area contributed by atoms with Crippen LogP contribution < -0.4 is 0 Å². The molecule has 0 N–H and O–H groups in total. The van der Waals surface area contributed by atoms with E-state index in [1.807, 2.05) is 6.92 Å². The van der Waals surface area contributed by atoms with Gasteiger partial charge in [-0.25, -0.2) is 0 Å². The third-order valence-electron chi connectivity index (χ3n) is 2.56. The molecule has 0 fully saturated rings. The minimum Gasteiger partial charge on any atom is -0.160 e. The van der Waals surface area contributed by atoms with Gasteiger partial charge in [0, 0.05) is 10.3 Å². The smallest absolute Gasteiger partial charge is 0.160 e. The highest BCUT2D eigenvalue weighted by Crippen LogP contribution is 2.37. The van der Waals surface area contributed by atoms with Crippen molar-refractivity contribution in [2.45, 2.75) is 22.7 Å². The minimum atomic E-state index is -4.25. The van der Waals surface area contributed by atoms with Crippen LogP contribution in [0.5, 0.6) is 0 Å². The Morgan fingerprint density at radius 1 is 1.06 bits per heavy atom. The third-order valence-corrected chi connectivity index (χ3v) is 3.30. The normalized spacial score (nSPS) is 12.2. The lowest BCUT2D eigenvalue weighted by molar-refractivity contribution is -0.0328. The Kier molecular flexibility index (Phi) is 4.09. The standard InChI is InChI=1S/C13H13F3S/c1-4-12(3,5-2)10-6-8-11(9-7-10)17-13(14,15)16/h4-9H,1-2H2,3H3. The lowest BCUT2D eigenvalue weighted by Crippen LogP contribution is -2.14. The van der Waals surface area contributed by atoms with Crippen LogP contribution in [0.1, 0.15) is 12.5 Å². The van der Waals surface area contributed by atoms with Crippen molar-refractivity contribution < 1.29 is 13.2 Å². The van der Waals surface area contributed by atoms with E-state index in [1.54, 1.807) is 24.3 Å². The highest BCUT2D eigenvalue weighted by atomic mass is 32.2. The van der Waals surface area contributed by atoms with Gasteiger partial charge in [-0.15, -0.1) is 13.2 Å². The number of allylic oxidation sites excluding steroid dienone is 2. The van der Waals surface area contributed by atoms with Crippen LogP contribution in [-0.2, 0) is 5.41 Å². The molecule has 4 heteroatoms. The predicted octanol–water partition coefficient (Wildman–Crippen LogP) is 4.93. The monoisotopic (exact) mass is 258 g/mol. The molecule has 0 aromatic heterocycles. The van der Waals surface area contributed by atoms with Crippen LogP contribution in [0.25, 0.3) is 0 Å². The average molecular weight is 258 g/mol. The first-order chi connectivity index (χ1) is 7.80. The molecule has 0 nitrogen and oxygen atoms in total. The van der Waals surface area contributed by atoms with Crippen LogP contribution in [0, 0.1) is 0 Å². The maximum atomic E-state index is 12.1. The van der Waals surface area contributed by atoms with Crippen molar-refractivity contribution in [2.75, 3.05) is 0 Å². The molecule has 0 aliphatic carbocycles. The second-order valence-corrected chi connectivity index (χ2v) is 4.90.